The summed E-state index contributed by atoms with van der Waals surface area (Å²) < 4.78 is 7.39. The van der Waals surface area contributed by atoms with Gasteiger partial charge in [0.05, 0.1) is 18.9 Å². The van der Waals surface area contributed by atoms with Crippen molar-refractivity contribution >= 4 is 17.7 Å². The first-order valence-corrected chi connectivity index (χ1v) is 11.9. The molecule has 1 heterocycles. The fraction of sp³-hybridized carbons (Fsp3) is 0.346. The van der Waals surface area contributed by atoms with E-state index in [1.165, 1.54) is 17.3 Å². The van der Waals surface area contributed by atoms with Crippen LogP contribution in [0.4, 0.5) is 0 Å². The number of methoxy groups -OCH3 is 1. The number of rotatable bonds is 9. The first kappa shape index (κ1) is 24.6. The van der Waals surface area contributed by atoms with E-state index in [4.69, 9.17) is 4.74 Å². The standard InChI is InChI=1S/C26H32N4O2S/c1-7-16-30-24(19-12-14-20(15-13-19)26(3,4)5)28-29-25(30)33-17-23(31)27-18(2)21-10-8-9-11-22(21)32-6/h7-15,18H,1,16-17H2,2-6H3,(H,27,31). The van der Waals surface area contributed by atoms with Crippen LogP contribution >= 0.6 is 11.8 Å². The summed E-state index contributed by atoms with van der Waals surface area (Å²) in [5.41, 5.74) is 3.27. The molecule has 0 radical (unpaired) electrons. The molecule has 1 amide bonds. The SMILES string of the molecule is C=CCn1c(SCC(=O)NC(C)c2ccccc2OC)nnc1-c1ccc(C(C)(C)C)cc1. The van der Waals surface area contributed by atoms with Gasteiger partial charge in [0.1, 0.15) is 5.75 Å². The highest BCUT2D eigenvalue weighted by atomic mass is 32.2. The van der Waals surface area contributed by atoms with Crippen LogP contribution in [0.25, 0.3) is 11.4 Å². The highest BCUT2D eigenvalue weighted by Gasteiger charge is 2.18. The van der Waals surface area contributed by atoms with E-state index in [9.17, 15) is 4.79 Å². The monoisotopic (exact) mass is 464 g/mol. The Morgan fingerprint density at radius 2 is 1.88 bits per heavy atom. The summed E-state index contributed by atoms with van der Waals surface area (Å²) in [6, 6.07) is 15.9. The lowest BCUT2D eigenvalue weighted by molar-refractivity contribution is -0.119. The third-order valence-electron chi connectivity index (χ3n) is 5.35. The molecule has 0 aliphatic rings. The van der Waals surface area contributed by atoms with Gasteiger partial charge in [0.2, 0.25) is 5.91 Å². The van der Waals surface area contributed by atoms with Gasteiger partial charge in [-0.05, 0) is 24.0 Å². The minimum absolute atomic E-state index is 0.0809. The van der Waals surface area contributed by atoms with E-state index in [1.54, 1.807) is 7.11 Å². The maximum absolute atomic E-state index is 12.6. The third-order valence-corrected chi connectivity index (χ3v) is 6.32. The molecule has 1 aromatic heterocycles. The Bertz CT molecular complexity index is 1100. The molecule has 0 aliphatic carbocycles. The molecule has 0 aliphatic heterocycles. The fourth-order valence-electron chi connectivity index (χ4n) is 3.54. The molecule has 0 fully saturated rings. The molecule has 6 nitrogen and oxygen atoms in total. The molecular weight excluding hydrogens is 432 g/mol. The maximum atomic E-state index is 12.6. The first-order valence-electron chi connectivity index (χ1n) is 10.9. The summed E-state index contributed by atoms with van der Waals surface area (Å²) in [5, 5.41) is 12.5. The van der Waals surface area contributed by atoms with Crippen LogP contribution in [-0.2, 0) is 16.8 Å². The number of nitrogens with one attached hydrogen (secondary N) is 1. The number of para-hydroxylation sites is 1. The van der Waals surface area contributed by atoms with Crippen LogP contribution in [0.15, 0.2) is 66.3 Å². The number of hydrogen-bond donors (Lipinski definition) is 1. The number of amides is 1. The Labute approximate surface area is 200 Å². The normalized spacial score (nSPS) is 12.3. The van der Waals surface area contributed by atoms with Crippen LogP contribution in [-0.4, -0.2) is 33.5 Å². The highest BCUT2D eigenvalue weighted by Crippen LogP contribution is 2.28. The summed E-state index contributed by atoms with van der Waals surface area (Å²) in [6.07, 6.45) is 1.81. The van der Waals surface area contributed by atoms with Gasteiger partial charge >= 0.3 is 0 Å². The molecule has 0 saturated carbocycles. The largest absolute Gasteiger partial charge is 0.496 e. The molecule has 1 atom stereocenters. The lowest BCUT2D eigenvalue weighted by atomic mass is 9.87. The van der Waals surface area contributed by atoms with Gasteiger partial charge in [0, 0.05) is 17.7 Å². The van der Waals surface area contributed by atoms with Crippen molar-refractivity contribution in [1.29, 1.82) is 0 Å². The number of aromatic nitrogens is 3. The maximum Gasteiger partial charge on any atom is 0.230 e. The van der Waals surface area contributed by atoms with Crippen molar-refractivity contribution in [3.63, 3.8) is 0 Å². The molecule has 0 spiro atoms. The van der Waals surface area contributed by atoms with E-state index >= 15 is 0 Å². The van der Waals surface area contributed by atoms with Crippen molar-refractivity contribution in [2.24, 2.45) is 0 Å². The van der Waals surface area contributed by atoms with Crippen LogP contribution < -0.4 is 10.1 Å². The second kappa shape index (κ2) is 10.7. The van der Waals surface area contributed by atoms with Crippen LogP contribution in [0.3, 0.4) is 0 Å². The van der Waals surface area contributed by atoms with E-state index in [0.717, 1.165) is 22.7 Å². The Morgan fingerprint density at radius 1 is 1.18 bits per heavy atom. The number of carbonyl (C=O) groups excluding carboxylic acids is 1. The van der Waals surface area contributed by atoms with E-state index in [0.29, 0.717) is 11.7 Å². The van der Waals surface area contributed by atoms with E-state index < -0.39 is 0 Å². The van der Waals surface area contributed by atoms with Crippen molar-refractivity contribution in [3.8, 4) is 17.1 Å². The van der Waals surface area contributed by atoms with Crippen LogP contribution in [0.1, 0.15) is 44.9 Å². The quantitative estimate of drug-likeness (QED) is 0.339. The topological polar surface area (TPSA) is 69.0 Å². The van der Waals surface area contributed by atoms with E-state index in [2.05, 4.69) is 67.1 Å². The summed E-state index contributed by atoms with van der Waals surface area (Å²) in [6.45, 7) is 12.9. The number of hydrogen-bond acceptors (Lipinski definition) is 5. The predicted octanol–water partition coefficient (Wildman–Crippen LogP) is 5.41. The van der Waals surface area contributed by atoms with Crippen molar-refractivity contribution < 1.29 is 9.53 Å². The smallest absolute Gasteiger partial charge is 0.230 e. The second-order valence-electron chi connectivity index (χ2n) is 8.85. The number of carbonyl (C=O) groups is 1. The van der Waals surface area contributed by atoms with Crippen molar-refractivity contribution in [1.82, 2.24) is 20.1 Å². The Hall–Kier alpha value is -3.06. The molecular formula is C26H32N4O2S. The predicted molar refractivity (Wildman–Crippen MR) is 135 cm³/mol. The minimum Gasteiger partial charge on any atom is -0.496 e. The van der Waals surface area contributed by atoms with Crippen molar-refractivity contribution in [3.05, 3.63) is 72.3 Å². The average Bonchev–Trinajstić information content (AvgIpc) is 3.20. The zero-order valence-corrected chi connectivity index (χ0v) is 20.8. The molecule has 3 aromatic rings. The van der Waals surface area contributed by atoms with Crippen LogP contribution in [0.2, 0.25) is 0 Å². The zero-order valence-electron chi connectivity index (χ0n) is 20.0. The van der Waals surface area contributed by atoms with Gasteiger partial charge in [-0.2, -0.15) is 0 Å². The van der Waals surface area contributed by atoms with Gasteiger partial charge in [-0.15, -0.1) is 16.8 Å². The van der Waals surface area contributed by atoms with Gasteiger partial charge < -0.3 is 10.1 Å². The molecule has 33 heavy (non-hydrogen) atoms. The van der Waals surface area contributed by atoms with Crippen LogP contribution in [0.5, 0.6) is 5.75 Å². The van der Waals surface area contributed by atoms with Gasteiger partial charge in [0.25, 0.3) is 0 Å². The van der Waals surface area contributed by atoms with E-state index in [1.807, 2.05) is 41.8 Å². The Morgan fingerprint density at radius 3 is 2.52 bits per heavy atom. The molecule has 7 heteroatoms. The molecule has 2 aromatic carbocycles. The molecule has 3 rings (SSSR count). The van der Waals surface area contributed by atoms with Gasteiger partial charge in [-0.1, -0.05) is 81.1 Å². The van der Waals surface area contributed by atoms with Gasteiger partial charge in [0.15, 0.2) is 11.0 Å². The Kier molecular flexibility index (Phi) is 7.97. The van der Waals surface area contributed by atoms with Gasteiger partial charge in [-0.25, -0.2) is 0 Å². The van der Waals surface area contributed by atoms with E-state index in [-0.39, 0.29) is 23.1 Å². The molecule has 0 bridgehead atoms. The highest BCUT2D eigenvalue weighted by molar-refractivity contribution is 7.99. The summed E-state index contributed by atoms with van der Waals surface area (Å²) in [4.78, 5) is 12.6. The summed E-state index contributed by atoms with van der Waals surface area (Å²) >= 11 is 1.36. The fourth-order valence-corrected chi connectivity index (χ4v) is 4.30. The number of allylic oxidation sites excluding steroid dienone is 1. The molecule has 0 saturated heterocycles. The number of ether oxygens (including phenoxy) is 1. The average molecular weight is 465 g/mol. The lowest BCUT2D eigenvalue weighted by Crippen LogP contribution is -2.28. The van der Waals surface area contributed by atoms with Crippen molar-refractivity contribution in [2.45, 2.75) is 50.9 Å². The molecule has 174 valence electrons. The lowest BCUT2D eigenvalue weighted by Gasteiger charge is -2.19. The van der Waals surface area contributed by atoms with Crippen molar-refractivity contribution in [2.75, 3.05) is 12.9 Å². The second-order valence-corrected chi connectivity index (χ2v) is 9.80. The number of nitrogens with zero attached hydrogens (tertiary/aromatic N) is 3. The van der Waals surface area contributed by atoms with Crippen LogP contribution in [0, 0.1) is 0 Å². The Balaban J connectivity index is 1.70. The first-order chi connectivity index (χ1) is 15.7. The van der Waals surface area contributed by atoms with Gasteiger partial charge in [-0.3, -0.25) is 9.36 Å². The number of thioether (sulfide) groups is 1. The molecule has 1 unspecified atom stereocenters. The summed E-state index contributed by atoms with van der Waals surface area (Å²) in [7, 11) is 1.63. The number of benzene rings is 2. The summed E-state index contributed by atoms with van der Waals surface area (Å²) in [5.74, 6) is 1.67. The molecule has 1 N–H and O–H groups in total. The minimum atomic E-state index is -0.169. The third kappa shape index (κ3) is 6.05. The zero-order chi connectivity index (χ0) is 24.0.